The summed E-state index contributed by atoms with van der Waals surface area (Å²) in [6.45, 7) is 1.08. The summed E-state index contributed by atoms with van der Waals surface area (Å²) in [7, 11) is 0. The van der Waals surface area contributed by atoms with Gasteiger partial charge in [-0.1, -0.05) is 40.7 Å². The van der Waals surface area contributed by atoms with Crippen molar-refractivity contribution in [2.45, 2.75) is 17.3 Å². The molecule has 128 valence electrons. The third-order valence-electron chi connectivity index (χ3n) is 4.11. The van der Waals surface area contributed by atoms with Gasteiger partial charge in [-0.15, -0.1) is 11.3 Å². The van der Waals surface area contributed by atoms with E-state index in [9.17, 15) is 4.79 Å². The van der Waals surface area contributed by atoms with Gasteiger partial charge in [0, 0.05) is 34.5 Å². The molecule has 1 aromatic carbocycles. The fraction of sp³-hybridized carbons (Fsp3) is 0.235. The highest BCUT2D eigenvalue weighted by atomic mass is 35.5. The molecule has 0 aliphatic carbocycles. The van der Waals surface area contributed by atoms with Crippen LogP contribution in [0, 0.1) is 0 Å². The molecule has 5 nitrogen and oxygen atoms in total. The summed E-state index contributed by atoms with van der Waals surface area (Å²) < 4.78 is 6.39. The van der Waals surface area contributed by atoms with Crippen molar-refractivity contribution >= 4 is 40.6 Å². The first-order valence-corrected chi connectivity index (χ1v) is 10.2. The summed E-state index contributed by atoms with van der Waals surface area (Å²) in [6.07, 6.45) is 2.61. The Morgan fingerprint density at radius 3 is 2.88 bits per heavy atom. The topological polar surface area (TPSA) is 59.2 Å². The number of hydrogen-bond donors (Lipinski definition) is 0. The van der Waals surface area contributed by atoms with Crippen molar-refractivity contribution in [1.29, 1.82) is 0 Å². The number of benzene rings is 1. The van der Waals surface area contributed by atoms with E-state index in [1.807, 2.05) is 35.9 Å². The molecule has 8 heteroatoms. The number of thiazole rings is 1. The van der Waals surface area contributed by atoms with Gasteiger partial charge in [0.2, 0.25) is 0 Å². The van der Waals surface area contributed by atoms with Crippen LogP contribution < -0.4 is 0 Å². The van der Waals surface area contributed by atoms with Crippen molar-refractivity contribution in [3.05, 3.63) is 51.7 Å². The average Bonchev–Trinajstić information content (AvgIpc) is 3.28. The highest BCUT2D eigenvalue weighted by Gasteiger charge is 2.29. The summed E-state index contributed by atoms with van der Waals surface area (Å²) in [5.41, 5.74) is 3.17. The van der Waals surface area contributed by atoms with Gasteiger partial charge >= 0.3 is 0 Å². The molecule has 1 amide bonds. The molecule has 3 heterocycles. The lowest BCUT2D eigenvalue weighted by Crippen LogP contribution is -2.35. The number of fused-ring (bicyclic) bond motifs is 1. The number of carbonyl (C=O) groups is 1. The zero-order chi connectivity index (χ0) is 17.4. The number of rotatable bonds is 3. The normalized spacial score (nSPS) is 13.8. The van der Waals surface area contributed by atoms with Gasteiger partial charge in [0.1, 0.15) is 21.5 Å². The fourth-order valence-corrected chi connectivity index (χ4v) is 4.19. The minimum Gasteiger partial charge on any atom is -0.360 e. The Morgan fingerprint density at radius 2 is 2.16 bits per heavy atom. The van der Waals surface area contributed by atoms with E-state index in [2.05, 4.69) is 10.1 Å². The lowest BCUT2D eigenvalue weighted by atomic mass is 10.0. The number of carbonyl (C=O) groups excluding carboxylic acids is 1. The Bertz CT molecular complexity index is 920. The van der Waals surface area contributed by atoms with Crippen molar-refractivity contribution in [3.63, 3.8) is 0 Å². The fourth-order valence-electron chi connectivity index (χ4n) is 2.83. The number of nitrogens with zero attached hydrogens (tertiary/aromatic N) is 3. The Balaban J connectivity index is 1.61. The van der Waals surface area contributed by atoms with E-state index in [1.54, 1.807) is 16.7 Å². The largest absolute Gasteiger partial charge is 0.360 e. The molecule has 0 spiro atoms. The van der Waals surface area contributed by atoms with Gasteiger partial charge in [0.05, 0.1) is 6.54 Å². The maximum atomic E-state index is 12.7. The van der Waals surface area contributed by atoms with E-state index in [0.717, 1.165) is 26.9 Å². The third-order valence-corrected chi connectivity index (χ3v) is 6.22. The van der Waals surface area contributed by atoms with Gasteiger partial charge in [-0.3, -0.25) is 4.79 Å². The van der Waals surface area contributed by atoms with Crippen molar-refractivity contribution in [3.8, 4) is 11.3 Å². The Kier molecular flexibility index (Phi) is 4.54. The van der Waals surface area contributed by atoms with Crippen LogP contribution in [0.2, 0.25) is 5.02 Å². The van der Waals surface area contributed by atoms with Crippen LogP contribution in [0.1, 0.15) is 21.8 Å². The molecule has 0 saturated heterocycles. The lowest BCUT2D eigenvalue weighted by Gasteiger charge is -2.25. The van der Waals surface area contributed by atoms with Crippen molar-refractivity contribution in [2.75, 3.05) is 12.8 Å². The molecule has 0 atom stereocenters. The quantitative estimate of drug-likeness (QED) is 0.620. The van der Waals surface area contributed by atoms with E-state index >= 15 is 0 Å². The Morgan fingerprint density at radius 1 is 1.36 bits per heavy atom. The average molecular weight is 392 g/mol. The van der Waals surface area contributed by atoms with Gasteiger partial charge in [-0.05, 0) is 18.4 Å². The van der Waals surface area contributed by atoms with Gasteiger partial charge in [0.25, 0.3) is 5.91 Å². The van der Waals surface area contributed by atoms with Crippen LogP contribution in [0.25, 0.3) is 11.3 Å². The third kappa shape index (κ3) is 3.19. The van der Waals surface area contributed by atoms with Gasteiger partial charge < -0.3 is 9.42 Å². The van der Waals surface area contributed by atoms with E-state index in [1.165, 1.54) is 11.3 Å². The van der Waals surface area contributed by atoms with Crippen molar-refractivity contribution in [1.82, 2.24) is 15.0 Å². The second-order valence-corrected chi connectivity index (χ2v) is 7.97. The van der Waals surface area contributed by atoms with Crippen LogP contribution in [0.3, 0.4) is 0 Å². The van der Waals surface area contributed by atoms with Crippen molar-refractivity contribution in [2.24, 2.45) is 0 Å². The summed E-state index contributed by atoms with van der Waals surface area (Å²) in [5, 5.41) is 6.70. The number of halogens is 1. The molecule has 1 aliphatic rings. The standard InChI is InChI=1S/C17H14ClN3O2S2/c1-24-17-19-13(9-25-17)16(22)21-7-6-14-12(8-21)15(20-23-14)10-2-4-11(18)5-3-10/h2-5,9H,6-8H2,1H3. The minimum absolute atomic E-state index is 0.0505. The second-order valence-electron chi connectivity index (χ2n) is 5.62. The van der Waals surface area contributed by atoms with Crippen LogP contribution in [-0.2, 0) is 13.0 Å². The van der Waals surface area contributed by atoms with Gasteiger partial charge in [0.15, 0.2) is 0 Å². The highest BCUT2D eigenvalue weighted by molar-refractivity contribution is 8.00. The lowest BCUT2D eigenvalue weighted by molar-refractivity contribution is 0.0723. The smallest absolute Gasteiger partial charge is 0.273 e. The van der Waals surface area contributed by atoms with Gasteiger partial charge in [-0.2, -0.15) is 0 Å². The van der Waals surface area contributed by atoms with Crippen LogP contribution in [0.4, 0.5) is 0 Å². The molecule has 3 aromatic rings. The molecule has 4 rings (SSSR count). The zero-order valence-corrected chi connectivity index (χ0v) is 15.7. The molecular weight excluding hydrogens is 378 g/mol. The first kappa shape index (κ1) is 16.6. The van der Waals surface area contributed by atoms with E-state index in [-0.39, 0.29) is 5.91 Å². The van der Waals surface area contributed by atoms with Crippen LogP contribution >= 0.6 is 34.7 Å². The predicted octanol–water partition coefficient (Wildman–Crippen LogP) is 4.37. The summed E-state index contributed by atoms with van der Waals surface area (Å²) in [5.74, 6) is 0.794. The Labute approximate surface area is 158 Å². The molecule has 0 radical (unpaired) electrons. The molecule has 2 aromatic heterocycles. The molecule has 0 unspecified atom stereocenters. The molecule has 1 aliphatic heterocycles. The first-order valence-electron chi connectivity index (χ1n) is 7.68. The van der Waals surface area contributed by atoms with E-state index in [4.69, 9.17) is 16.1 Å². The first-order chi connectivity index (χ1) is 12.2. The minimum atomic E-state index is -0.0505. The zero-order valence-electron chi connectivity index (χ0n) is 13.4. The number of hydrogen-bond acceptors (Lipinski definition) is 6. The highest BCUT2D eigenvalue weighted by Crippen LogP contribution is 2.31. The molecule has 0 bridgehead atoms. The predicted molar refractivity (Wildman–Crippen MR) is 99.3 cm³/mol. The summed E-state index contributed by atoms with van der Waals surface area (Å²) in [4.78, 5) is 18.9. The maximum absolute atomic E-state index is 12.7. The number of thioether (sulfide) groups is 1. The summed E-state index contributed by atoms with van der Waals surface area (Å²) in [6, 6.07) is 7.46. The molecule has 25 heavy (non-hydrogen) atoms. The van der Waals surface area contributed by atoms with Gasteiger partial charge in [-0.25, -0.2) is 4.98 Å². The number of aromatic nitrogens is 2. The van der Waals surface area contributed by atoms with E-state index < -0.39 is 0 Å². The maximum Gasteiger partial charge on any atom is 0.273 e. The van der Waals surface area contributed by atoms with Crippen LogP contribution in [0.5, 0.6) is 0 Å². The second kappa shape index (κ2) is 6.82. The number of amides is 1. The monoisotopic (exact) mass is 391 g/mol. The van der Waals surface area contributed by atoms with Crippen molar-refractivity contribution < 1.29 is 9.32 Å². The van der Waals surface area contributed by atoms with Crippen LogP contribution in [0.15, 0.2) is 38.5 Å². The molecular formula is C17H14ClN3O2S2. The molecule has 0 N–H and O–H groups in total. The summed E-state index contributed by atoms with van der Waals surface area (Å²) >= 11 is 9.00. The van der Waals surface area contributed by atoms with Crippen LogP contribution in [-0.4, -0.2) is 33.7 Å². The SMILES string of the molecule is CSc1nc(C(=O)N2CCc3onc(-c4ccc(Cl)cc4)c3C2)cs1. The molecule has 0 fully saturated rings. The molecule has 0 saturated carbocycles. The Hall–Kier alpha value is -1.83. The van der Waals surface area contributed by atoms with E-state index in [0.29, 0.717) is 30.2 Å².